The number of hydrogen-bond donors (Lipinski definition) is 2. The van der Waals surface area contributed by atoms with Gasteiger partial charge in [-0.25, -0.2) is 4.68 Å². The van der Waals surface area contributed by atoms with E-state index in [0.29, 0.717) is 36.8 Å². The molecule has 0 amide bonds. The van der Waals surface area contributed by atoms with Crippen LogP contribution in [0, 0.1) is 18.3 Å². The van der Waals surface area contributed by atoms with E-state index in [9.17, 15) is 13.7 Å². The largest absolute Gasteiger partial charge is 0.422 e. The summed E-state index contributed by atoms with van der Waals surface area (Å²) in [5, 5.41) is 14.2. The topological polar surface area (TPSA) is 126 Å². The molecule has 4 rings (SSSR count). The molecule has 3 heterocycles. The van der Waals surface area contributed by atoms with Crippen molar-refractivity contribution in [2.24, 2.45) is 5.73 Å². The number of hydrogen-bond acceptors (Lipinski definition) is 6. The number of anilines is 1. The van der Waals surface area contributed by atoms with Gasteiger partial charge in [-0.05, 0) is 31.5 Å². The van der Waals surface area contributed by atoms with Gasteiger partial charge in [0.25, 0.3) is 0 Å². The van der Waals surface area contributed by atoms with Gasteiger partial charge in [0.15, 0.2) is 0 Å². The predicted octanol–water partition coefficient (Wildman–Crippen LogP) is 1.08. The fourth-order valence-corrected chi connectivity index (χ4v) is 4.94. The van der Waals surface area contributed by atoms with Crippen molar-refractivity contribution in [3.05, 3.63) is 52.5 Å². The van der Waals surface area contributed by atoms with Crippen molar-refractivity contribution in [1.29, 1.82) is 5.26 Å². The first-order valence-electron chi connectivity index (χ1n) is 8.89. The molecule has 0 aliphatic carbocycles. The summed E-state index contributed by atoms with van der Waals surface area (Å²) in [6, 6.07) is 9.26. The Labute approximate surface area is 163 Å². The number of rotatable bonds is 3. The van der Waals surface area contributed by atoms with Crippen LogP contribution in [0.4, 0.5) is 5.69 Å². The summed E-state index contributed by atoms with van der Waals surface area (Å²) in [6.07, 6.45) is 0. The van der Waals surface area contributed by atoms with E-state index in [1.54, 1.807) is 16.8 Å². The van der Waals surface area contributed by atoms with Crippen LogP contribution in [-0.2, 0) is 16.8 Å². The maximum absolute atomic E-state index is 12.1. The lowest BCUT2D eigenvalue weighted by atomic mass is 9.84. The average Bonchev–Trinajstić information content (AvgIpc) is 3.19. The summed E-state index contributed by atoms with van der Waals surface area (Å²) in [5.41, 5.74) is 9.29. The minimum Gasteiger partial charge on any atom is -0.422 e. The normalized spacial score (nSPS) is 20.6. The minimum atomic E-state index is -3.49. The summed E-state index contributed by atoms with van der Waals surface area (Å²) in [4.78, 5) is 0. The van der Waals surface area contributed by atoms with E-state index in [1.165, 1.54) is 4.31 Å². The molecule has 0 radical (unpaired) electrons. The zero-order chi connectivity index (χ0) is 20.1. The van der Waals surface area contributed by atoms with Gasteiger partial charge in [-0.1, -0.05) is 12.1 Å². The maximum atomic E-state index is 12.1. The highest BCUT2D eigenvalue weighted by atomic mass is 32.2. The molecule has 2 aromatic rings. The van der Waals surface area contributed by atoms with E-state index in [0.717, 1.165) is 16.8 Å². The van der Waals surface area contributed by atoms with Crippen LogP contribution in [0.5, 0.6) is 5.88 Å². The zero-order valence-electron chi connectivity index (χ0n) is 15.5. The van der Waals surface area contributed by atoms with Gasteiger partial charge in [-0.2, -0.15) is 23.5 Å². The molecule has 10 heteroatoms. The van der Waals surface area contributed by atoms with E-state index in [2.05, 4.69) is 15.9 Å². The Morgan fingerprint density at radius 3 is 2.68 bits per heavy atom. The van der Waals surface area contributed by atoms with Crippen molar-refractivity contribution in [2.75, 3.05) is 17.4 Å². The molecule has 9 nitrogen and oxygen atoms in total. The fraction of sp³-hybridized carbons (Fsp3) is 0.333. The highest BCUT2D eigenvalue weighted by Gasteiger charge is 2.36. The Morgan fingerprint density at radius 2 is 2.11 bits per heavy atom. The van der Waals surface area contributed by atoms with Crippen molar-refractivity contribution in [2.45, 2.75) is 26.3 Å². The molecular formula is C18H20N6O3S. The van der Waals surface area contributed by atoms with Crippen molar-refractivity contribution in [3.8, 4) is 11.9 Å². The highest BCUT2D eigenvalue weighted by Crippen LogP contribution is 2.44. The van der Waals surface area contributed by atoms with Crippen LogP contribution >= 0.6 is 0 Å². The third-order valence-corrected chi connectivity index (χ3v) is 6.54. The molecule has 1 aromatic heterocycles. The smallest absolute Gasteiger partial charge is 0.301 e. The van der Waals surface area contributed by atoms with Crippen LogP contribution in [0.25, 0.3) is 0 Å². The third-order valence-electron chi connectivity index (χ3n) is 5.00. The van der Waals surface area contributed by atoms with Crippen molar-refractivity contribution < 1.29 is 13.2 Å². The minimum absolute atomic E-state index is 0.0602. The predicted molar refractivity (Wildman–Crippen MR) is 103 cm³/mol. The quantitative estimate of drug-likeness (QED) is 0.794. The maximum Gasteiger partial charge on any atom is 0.301 e. The van der Waals surface area contributed by atoms with Crippen molar-refractivity contribution >= 4 is 15.9 Å². The van der Waals surface area contributed by atoms with Gasteiger partial charge in [-0.3, -0.25) is 4.31 Å². The number of allylic oxidation sites excluding steroid dienone is 1. The fourth-order valence-electron chi connectivity index (χ4n) is 3.70. The van der Waals surface area contributed by atoms with Crippen LogP contribution in [-0.4, -0.2) is 31.3 Å². The van der Waals surface area contributed by atoms with E-state index in [-0.39, 0.29) is 5.88 Å². The van der Waals surface area contributed by atoms with Gasteiger partial charge in [0.05, 0.1) is 22.9 Å². The molecule has 0 bridgehead atoms. The van der Waals surface area contributed by atoms with Crippen molar-refractivity contribution in [3.63, 3.8) is 0 Å². The monoisotopic (exact) mass is 400 g/mol. The second kappa shape index (κ2) is 6.54. The number of aryl methyl sites for hydroxylation is 2. The molecule has 28 heavy (non-hydrogen) atoms. The summed E-state index contributed by atoms with van der Waals surface area (Å²) in [5.74, 6) is 0.179. The molecule has 0 saturated carbocycles. The van der Waals surface area contributed by atoms with Gasteiger partial charge in [-0.15, -0.1) is 0 Å². The number of nitrogens with one attached hydrogen (secondary N) is 1. The molecule has 1 atom stereocenters. The molecule has 1 fully saturated rings. The third kappa shape index (κ3) is 2.71. The van der Waals surface area contributed by atoms with Crippen molar-refractivity contribution in [1.82, 2.24) is 14.5 Å². The van der Waals surface area contributed by atoms with E-state index in [4.69, 9.17) is 10.5 Å². The second-order valence-electron chi connectivity index (χ2n) is 6.61. The van der Waals surface area contributed by atoms with Gasteiger partial charge in [0, 0.05) is 19.6 Å². The lowest BCUT2D eigenvalue weighted by Gasteiger charge is -2.25. The molecule has 146 valence electrons. The molecule has 2 aliphatic rings. The SMILES string of the molecule is CCn1nc(C)c2c1OC(N)=C(C#N)C2c1ccc(N2CCNS2(=O)=O)cc1. The molecule has 1 aromatic carbocycles. The summed E-state index contributed by atoms with van der Waals surface area (Å²) in [6.45, 7) is 5.18. The molecular weight excluding hydrogens is 380 g/mol. The standard InChI is InChI=1S/C18H20N6O3S/c1-3-23-18-15(11(2)22-23)16(14(10-19)17(20)27-18)12-4-6-13(7-5-12)24-9-8-21-28(24,25)26/h4-7,16,21H,3,8-9,20H2,1-2H3. The Bertz CT molecular complexity index is 1110. The van der Waals surface area contributed by atoms with Gasteiger partial charge >= 0.3 is 10.2 Å². The van der Waals surface area contributed by atoms with Crippen LogP contribution < -0.4 is 19.5 Å². The molecule has 1 unspecified atom stereocenters. The number of fused-ring (bicyclic) bond motifs is 1. The summed E-state index contributed by atoms with van der Waals surface area (Å²) in [7, 11) is -3.49. The molecule has 3 N–H and O–H groups in total. The number of aromatic nitrogens is 2. The number of benzene rings is 1. The lowest BCUT2D eigenvalue weighted by Crippen LogP contribution is -2.29. The average molecular weight is 400 g/mol. The van der Waals surface area contributed by atoms with Gasteiger partial charge < -0.3 is 10.5 Å². The van der Waals surface area contributed by atoms with Crippen LogP contribution in [0.1, 0.15) is 29.7 Å². The lowest BCUT2D eigenvalue weighted by molar-refractivity contribution is 0.350. The molecule has 1 saturated heterocycles. The van der Waals surface area contributed by atoms with Crippen LogP contribution in [0.3, 0.4) is 0 Å². The number of nitrogens with zero attached hydrogens (tertiary/aromatic N) is 4. The number of nitriles is 1. The number of ether oxygens (including phenoxy) is 1. The van der Waals surface area contributed by atoms with Crippen LogP contribution in [0.15, 0.2) is 35.7 Å². The van der Waals surface area contributed by atoms with Gasteiger partial charge in [0.2, 0.25) is 11.8 Å². The van der Waals surface area contributed by atoms with E-state index >= 15 is 0 Å². The molecule has 0 spiro atoms. The Hall–Kier alpha value is -3.03. The zero-order valence-corrected chi connectivity index (χ0v) is 16.3. The van der Waals surface area contributed by atoms with Crippen LogP contribution in [0.2, 0.25) is 0 Å². The first-order chi connectivity index (χ1) is 13.4. The molecule has 2 aliphatic heterocycles. The first-order valence-corrected chi connectivity index (χ1v) is 10.3. The number of nitrogens with two attached hydrogens (primary N) is 1. The first kappa shape index (κ1) is 18.3. The van der Waals surface area contributed by atoms with E-state index in [1.807, 2.05) is 26.0 Å². The van der Waals surface area contributed by atoms with Gasteiger partial charge in [0.1, 0.15) is 11.6 Å². The van der Waals surface area contributed by atoms with E-state index < -0.39 is 16.1 Å². The highest BCUT2D eigenvalue weighted by molar-refractivity contribution is 7.91. The Balaban J connectivity index is 1.80. The Kier molecular flexibility index (Phi) is 4.28. The Morgan fingerprint density at radius 1 is 1.39 bits per heavy atom. The summed E-state index contributed by atoms with van der Waals surface area (Å²) >= 11 is 0. The second-order valence-corrected chi connectivity index (χ2v) is 8.29. The summed E-state index contributed by atoms with van der Waals surface area (Å²) < 4.78 is 35.3.